The van der Waals surface area contributed by atoms with Crippen molar-refractivity contribution in [1.29, 1.82) is 0 Å². The Morgan fingerprint density at radius 3 is 2.41 bits per heavy atom. The van der Waals surface area contributed by atoms with Crippen LogP contribution in [0, 0.1) is 0 Å². The van der Waals surface area contributed by atoms with E-state index in [1.165, 1.54) is 24.3 Å². The lowest BCUT2D eigenvalue weighted by Crippen LogP contribution is -2.30. The number of benzene rings is 2. The second-order valence-electron chi connectivity index (χ2n) is 6.33. The summed E-state index contributed by atoms with van der Waals surface area (Å²) in [7, 11) is -0.601. The molecule has 27 heavy (non-hydrogen) atoms. The molecule has 0 spiro atoms. The van der Waals surface area contributed by atoms with Crippen molar-refractivity contribution < 1.29 is 22.7 Å². The number of nitrogens with two attached hydrogens (primary N) is 1. The molecular formula is C19H22N2O5S. The maximum absolute atomic E-state index is 13.0. The second-order valence-corrected chi connectivity index (χ2v) is 7.90. The summed E-state index contributed by atoms with van der Waals surface area (Å²) in [6.45, 7) is 0.612. The average Bonchev–Trinajstić information content (AvgIpc) is 3.15. The number of methoxy groups -OCH3 is 2. The number of likely N-dealkylation sites (tertiary alicyclic amines) is 1. The van der Waals surface area contributed by atoms with Gasteiger partial charge in [0.2, 0.25) is 10.0 Å². The van der Waals surface area contributed by atoms with Crippen molar-refractivity contribution in [2.45, 2.75) is 23.8 Å². The molecule has 1 aliphatic heterocycles. The van der Waals surface area contributed by atoms with Crippen molar-refractivity contribution in [3.8, 4) is 11.5 Å². The topological polar surface area (TPSA) is 98.9 Å². The van der Waals surface area contributed by atoms with E-state index in [0.717, 1.165) is 18.4 Å². The molecule has 8 heteroatoms. The van der Waals surface area contributed by atoms with Gasteiger partial charge in [-0.15, -0.1) is 0 Å². The summed E-state index contributed by atoms with van der Waals surface area (Å²) in [4.78, 5) is 14.8. The summed E-state index contributed by atoms with van der Waals surface area (Å²) in [6.07, 6.45) is 1.68. The second kappa shape index (κ2) is 7.58. The van der Waals surface area contributed by atoms with Crippen molar-refractivity contribution >= 4 is 15.9 Å². The van der Waals surface area contributed by atoms with E-state index >= 15 is 0 Å². The van der Waals surface area contributed by atoms with Gasteiger partial charge >= 0.3 is 0 Å². The zero-order chi connectivity index (χ0) is 19.6. The number of hydrogen-bond donors (Lipinski definition) is 1. The molecule has 2 aromatic carbocycles. The average molecular weight is 390 g/mol. The normalized spacial score (nSPS) is 17.0. The minimum Gasteiger partial charge on any atom is -0.497 e. The van der Waals surface area contributed by atoms with E-state index < -0.39 is 10.0 Å². The first-order valence-corrected chi connectivity index (χ1v) is 10.1. The highest BCUT2D eigenvalue weighted by molar-refractivity contribution is 7.89. The Morgan fingerprint density at radius 1 is 1.11 bits per heavy atom. The Labute approximate surface area is 158 Å². The summed E-state index contributed by atoms with van der Waals surface area (Å²) in [5.74, 6) is 1.23. The predicted octanol–water partition coefficient (Wildman–Crippen LogP) is 2.33. The first-order chi connectivity index (χ1) is 12.8. The maximum Gasteiger partial charge on any atom is 0.254 e. The molecule has 0 radical (unpaired) electrons. The zero-order valence-corrected chi connectivity index (χ0v) is 16.0. The van der Waals surface area contributed by atoms with Crippen LogP contribution >= 0.6 is 0 Å². The van der Waals surface area contributed by atoms with Gasteiger partial charge in [0.1, 0.15) is 11.5 Å². The molecule has 0 saturated carbocycles. The fourth-order valence-corrected chi connectivity index (χ4v) is 3.90. The number of amides is 1. The summed E-state index contributed by atoms with van der Waals surface area (Å²) in [5, 5.41) is 5.11. The molecule has 3 rings (SSSR count). The van der Waals surface area contributed by atoms with Gasteiger partial charge in [-0.2, -0.15) is 0 Å². The summed E-state index contributed by atoms with van der Waals surface area (Å²) < 4.78 is 33.6. The molecule has 1 amide bonds. The van der Waals surface area contributed by atoms with E-state index in [-0.39, 0.29) is 16.8 Å². The molecule has 1 aliphatic rings. The van der Waals surface area contributed by atoms with Crippen LogP contribution in [0.15, 0.2) is 47.4 Å². The molecule has 2 N–H and O–H groups in total. The lowest BCUT2D eigenvalue weighted by atomic mass is 10.0. The fraction of sp³-hybridized carbons (Fsp3) is 0.316. The first-order valence-electron chi connectivity index (χ1n) is 8.51. The number of rotatable bonds is 5. The van der Waals surface area contributed by atoms with E-state index in [1.807, 2.05) is 18.2 Å². The van der Waals surface area contributed by atoms with Crippen LogP contribution in [0.4, 0.5) is 0 Å². The third-order valence-electron chi connectivity index (χ3n) is 4.74. The van der Waals surface area contributed by atoms with Crippen molar-refractivity contribution in [2.75, 3.05) is 20.8 Å². The highest BCUT2D eigenvalue weighted by Gasteiger charge is 2.32. The third kappa shape index (κ3) is 3.91. The van der Waals surface area contributed by atoms with Crippen LogP contribution < -0.4 is 14.6 Å². The van der Waals surface area contributed by atoms with Crippen LogP contribution in [0.3, 0.4) is 0 Å². The lowest BCUT2D eigenvalue weighted by Gasteiger charge is -2.27. The molecule has 1 atom stereocenters. The van der Waals surface area contributed by atoms with E-state index in [9.17, 15) is 13.2 Å². The first kappa shape index (κ1) is 19.2. The van der Waals surface area contributed by atoms with Crippen LogP contribution in [0.1, 0.15) is 34.8 Å². The maximum atomic E-state index is 13.0. The number of ether oxygens (including phenoxy) is 2. The Balaban J connectivity index is 1.91. The standard InChI is InChI=1S/C19H22N2O5S/c1-25-14-7-10-18(26-2)16(12-14)17-4-3-11-21(17)19(22)13-5-8-15(9-6-13)27(20,23)24/h5-10,12,17H,3-4,11H2,1-2H3,(H2,20,23,24). The van der Waals surface area contributed by atoms with Gasteiger partial charge in [-0.25, -0.2) is 13.6 Å². The monoisotopic (exact) mass is 390 g/mol. The molecular weight excluding hydrogens is 368 g/mol. The molecule has 2 aromatic rings. The van der Waals surface area contributed by atoms with Crippen LogP contribution in [0.25, 0.3) is 0 Å². The third-order valence-corrected chi connectivity index (χ3v) is 5.67. The van der Waals surface area contributed by atoms with Gasteiger partial charge in [-0.05, 0) is 55.3 Å². The van der Waals surface area contributed by atoms with E-state index in [4.69, 9.17) is 14.6 Å². The predicted molar refractivity (Wildman–Crippen MR) is 100 cm³/mol. The molecule has 1 unspecified atom stereocenters. The Kier molecular flexibility index (Phi) is 5.38. The number of carbonyl (C=O) groups excluding carboxylic acids is 1. The summed E-state index contributed by atoms with van der Waals surface area (Å²) in [6, 6.07) is 11.1. The molecule has 7 nitrogen and oxygen atoms in total. The Morgan fingerprint density at radius 2 is 1.81 bits per heavy atom. The fourth-order valence-electron chi connectivity index (χ4n) is 3.39. The number of primary sulfonamides is 1. The van der Waals surface area contributed by atoms with Gasteiger partial charge < -0.3 is 14.4 Å². The smallest absolute Gasteiger partial charge is 0.254 e. The van der Waals surface area contributed by atoms with Gasteiger partial charge in [0, 0.05) is 17.7 Å². The number of carbonyl (C=O) groups is 1. The Hall–Kier alpha value is -2.58. The van der Waals surface area contributed by atoms with Crippen LogP contribution in [0.5, 0.6) is 11.5 Å². The quantitative estimate of drug-likeness (QED) is 0.845. The molecule has 1 fully saturated rings. The summed E-state index contributed by atoms with van der Waals surface area (Å²) in [5.41, 5.74) is 1.31. The Bertz CT molecular complexity index is 941. The van der Waals surface area contributed by atoms with Gasteiger partial charge in [-0.1, -0.05) is 0 Å². The highest BCUT2D eigenvalue weighted by Crippen LogP contribution is 2.39. The number of sulfonamides is 1. The van der Waals surface area contributed by atoms with Crippen molar-refractivity contribution in [1.82, 2.24) is 4.90 Å². The molecule has 144 valence electrons. The highest BCUT2D eigenvalue weighted by atomic mass is 32.2. The van der Waals surface area contributed by atoms with Crippen molar-refractivity contribution in [2.24, 2.45) is 5.14 Å². The van der Waals surface area contributed by atoms with Crippen molar-refractivity contribution in [3.05, 3.63) is 53.6 Å². The molecule has 1 saturated heterocycles. The van der Waals surface area contributed by atoms with Gasteiger partial charge in [-0.3, -0.25) is 4.79 Å². The van der Waals surface area contributed by atoms with Crippen molar-refractivity contribution in [3.63, 3.8) is 0 Å². The van der Waals surface area contributed by atoms with Gasteiger partial charge in [0.25, 0.3) is 5.91 Å². The molecule has 0 aliphatic carbocycles. The van der Waals surface area contributed by atoms with E-state index in [0.29, 0.717) is 23.6 Å². The van der Waals surface area contributed by atoms with Crippen LogP contribution in [-0.4, -0.2) is 40.0 Å². The SMILES string of the molecule is COc1ccc(OC)c(C2CCCN2C(=O)c2ccc(S(N)(=O)=O)cc2)c1. The molecule has 0 bridgehead atoms. The van der Waals surface area contributed by atoms with Gasteiger partial charge in [0.05, 0.1) is 25.2 Å². The minimum absolute atomic E-state index is 0.0218. The minimum atomic E-state index is -3.79. The largest absolute Gasteiger partial charge is 0.497 e. The summed E-state index contributed by atoms with van der Waals surface area (Å²) >= 11 is 0. The van der Waals surface area contributed by atoms with Gasteiger partial charge in [0.15, 0.2) is 0 Å². The van der Waals surface area contributed by atoms with Crippen LogP contribution in [-0.2, 0) is 10.0 Å². The lowest BCUT2D eigenvalue weighted by molar-refractivity contribution is 0.0734. The number of nitrogens with zero attached hydrogens (tertiary/aromatic N) is 1. The zero-order valence-electron chi connectivity index (χ0n) is 15.2. The van der Waals surface area contributed by atoms with E-state index in [2.05, 4.69) is 0 Å². The van der Waals surface area contributed by atoms with Crippen LogP contribution in [0.2, 0.25) is 0 Å². The molecule has 1 heterocycles. The molecule has 0 aromatic heterocycles. The number of hydrogen-bond acceptors (Lipinski definition) is 5. The van der Waals surface area contributed by atoms with E-state index in [1.54, 1.807) is 19.1 Å².